The van der Waals surface area contributed by atoms with E-state index in [9.17, 15) is 4.79 Å². The highest BCUT2D eigenvalue weighted by molar-refractivity contribution is 6.18. The Morgan fingerprint density at radius 2 is 2.08 bits per heavy atom. The number of hydrogen-bond acceptors (Lipinski definition) is 1. The van der Waals surface area contributed by atoms with Gasteiger partial charge in [0.2, 0.25) is 0 Å². The topological polar surface area (TPSA) is 17.1 Å². The minimum Gasteiger partial charge on any atom is -0.303 e. The van der Waals surface area contributed by atoms with Gasteiger partial charge >= 0.3 is 0 Å². The number of alkyl halides is 1. The van der Waals surface area contributed by atoms with Crippen LogP contribution in [0, 0.1) is 5.92 Å². The lowest BCUT2D eigenvalue weighted by atomic mass is 10.0. The Morgan fingerprint density at radius 1 is 1.31 bits per heavy atom. The zero-order chi connectivity index (χ0) is 9.94. The maximum Gasteiger partial charge on any atom is 0.126 e. The molecule has 0 aliphatic rings. The molecular formula is C11H19ClO. The summed E-state index contributed by atoms with van der Waals surface area (Å²) in [5, 5.41) is 0. The molecule has 0 unspecified atom stereocenters. The van der Waals surface area contributed by atoms with E-state index in [-0.39, 0.29) is 5.92 Å². The molecule has 76 valence electrons. The molecule has 0 radical (unpaired) electrons. The first-order valence-corrected chi connectivity index (χ1v) is 5.56. The monoisotopic (exact) mass is 202 g/mol. The molecule has 1 atom stereocenters. The normalized spacial score (nSPS) is 13.4. The van der Waals surface area contributed by atoms with Crippen LogP contribution in [0.4, 0.5) is 0 Å². The summed E-state index contributed by atoms with van der Waals surface area (Å²) in [6, 6.07) is 0. The van der Waals surface area contributed by atoms with Crippen molar-refractivity contribution >= 4 is 17.9 Å². The maximum atomic E-state index is 10.6. The van der Waals surface area contributed by atoms with E-state index in [1.54, 1.807) is 0 Å². The fourth-order valence-corrected chi connectivity index (χ4v) is 1.35. The van der Waals surface area contributed by atoms with Gasteiger partial charge in [-0.05, 0) is 6.42 Å². The van der Waals surface area contributed by atoms with Crippen molar-refractivity contribution in [3.63, 3.8) is 0 Å². The van der Waals surface area contributed by atoms with Crippen LogP contribution in [-0.2, 0) is 4.79 Å². The van der Waals surface area contributed by atoms with Crippen LogP contribution in [-0.4, -0.2) is 12.2 Å². The third kappa shape index (κ3) is 8.04. The van der Waals surface area contributed by atoms with Crippen LogP contribution in [0.25, 0.3) is 0 Å². The fourth-order valence-electron chi connectivity index (χ4n) is 1.24. The van der Waals surface area contributed by atoms with Crippen LogP contribution in [0.2, 0.25) is 0 Å². The van der Waals surface area contributed by atoms with E-state index in [1.807, 2.05) is 12.2 Å². The van der Waals surface area contributed by atoms with Crippen molar-refractivity contribution < 1.29 is 4.79 Å². The van der Waals surface area contributed by atoms with Crippen molar-refractivity contribution in [2.24, 2.45) is 5.92 Å². The smallest absolute Gasteiger partial charge is 0.126 e. The van der Waals surface area contributed by atoms with Crippen LogP contribution in [0.1, 0.15) is 39.0 Å². The number of halogens is 1. The number of unbranched alkanes of at least 4 members (excludes halogenated alkanes) is 3. The highest BCUT2D eigenvalue weighted by atomic mass is 35.5. The van der Waals surface area contributed by atoms with Crippen LogP contribution < -0.4 is 0 Å². The summed E-state index contributed by atoms with van der Waals surface area (Å²) in [5.41, 5.74) is 0. The molecule has 1 nitrogen and oxygen atoms in total. The predicted molar refractivity (Wildman–Crippen MR) is 58.2 cm³/mol. The summed E-state index contributed by atoms with van der Waals surface area (Å²) in [6.45, 7) is 2.19. The van der Waals surface area contributed by atoms with Gasteiger partial charge in [-0.1, -0.05) is 44.8 Å². The van der Waals surface area contributed by atoms with Gasteiger partial charge in [0.05, 0.1) is 0 Å². The zero-order valence-corrected chi connectivity index (χ0v) is 9.09. The summed E-state index contributed by atoms with van der Waals surface area (Å²) in [4.78, 5) is 10.6. The van der Waals surface area contributed by atoms with Crippen molar-refractivity contribution in [1.29, 1.82) is 0 Å². The third-order valence-corrected chi connectivity index (χ3v) is 2.22. The Balaban J connectivity index is 3.47. The number of carbonyl (C=O) groups excluding carboxylic acids is 1. The fraction of sp³-hybridized carbons (Fsp3) is 0.727. The molecule has 0 saturated carbocycles. The molecule has 0 amide bonds. The van der Waals surface area contributed by atoms with Crippen LogP contribution >= 0.6 is 11.6 Å². The molecule has 2 heteroatoms. The summed E-state index contributed by atoms with van der Waals surface area (Å²) < 4.78 is 0. The Morgan fingerprint density at radius 3 is 2.62 bits per heavy atom. The Labute approximate surface area is 86.2 Å². The molecule has 0 aliphatic carbocycles. The molecule has 0 aromatic rings. The van der Waals surface area contributed by atoms with Crippen molar-refractivity contribution in [2.45, 2.75) is 39.0 Å². The Hall–Kier alpha value is -0.300. The molecule has 0 rings (SSSR count). The lowest BCUT2D eigenvalue weighted by molar-refractivity contribution is -0.110. The van der Waals surface area contributed by atoms with Crippen molar-refractivity contribution in [3.8, 4) is 0 Å². The van der Waals surface area contributed by atoms with E-state index in [0.29, 0.717) is 5.88 Å². The average molecular weight is 203 g/mol. The van der Waals surface area contributed by atoms with E-state index >= 15 is 0 Å². The minimum absolute atomic E-state index is 0.0793. The lowest BCUT2D eigenvalue weighted by Gasteiger charge is -2.03. The lowest BCUT2D eigenvalue weighted by Crippen LogP contribution is -1.97. The molecule has 13 heavy (non-hydrogen) atoms. The third-order valence-electron chi connectivity index (χ3n) is 2.04. The summed E-state index contributed by atoms with van der Waals surface area (Å²) in [6.07, 6.45) is 10.6. The average Bonchev–Trinajstić information content (AvgIpc) is 2.17. The maximum absolute atomic E-state index is 10.6. The van der Waals surface area contributed by atoms with Gasteiger partial charge in [0.1, 0.15) is 6.29 Å². The number of hydrogen-bond donors (Lipinski definition) is 0. The van der Waals surface area contributed by atoms with Gasteiger partial charge in [0, 0.05) is 11.8 Å². The molecule has 0 saturated heterocycles. The number of carbonyl (C=O) groups is 1. The molecule has 0 heterocycles. The molecule has 0 fully saturated rings. The van der Waals surface area contributed by atoms with Gasteiger partial charge < -0.3 is 4.79 Å². The highest BCUT2D eigenvalue weighted by Crippen LogP contribution is 2.10. The highest BCUT2D eigenvalue weighted by Gasteiger charge is 2.01. The molecule has 0 spiro atoms. The number of aldehydes is 1. The van der Waals surface area contributed by atoms with E-state index in [4.69, 9.17) is 11.6 Å². The first kappa shape index (κ1) is 12.7. The first-order chi connectivity index (χ1) is 6.35. The van der Waals surface area contributed by atoms with Gasteiger partial charge in [-0.3, -0.25) is 0 Å². The van der Waals surface area contributed by atoms with Gasteiger partial charge in [-0.25, -0.2) is 0 Å². The Kier molecular flexibility index (Phi) is 9.56. The summed E-state index contributed by atoms with van der Waals surface area (Å²) >= 11 is 5.48. The molecule has 0 aliphatic heterocycles. The molecular weight excluding hydrogens is 184 g/mol. The van der Waals surface area contributed by atoms with Crippen molar-refractivity contribution in [1.82, 2.24) is 0 Å². The molecule has 0 N–H and O–H groups in total. The quantitative estimate of drug-likeness (QED) is 0.255. The molecule has 0 bridgehead atoms. The van der Waals surface area contributed by atoms with Crippen molar-refractivity contribution in [3.05, 3.63) is 12.2 Å². The van der Waals surface area contributed by atoms with E-state index < -0.39 is 0 Å². The van der Waals surface area contributed by atoms with E-state index in [0.717, 1.165) is 19.1 Å². The standard InChI is InChI=1S/C11H19ClO/c1-2-3-4-5-7-11(10-13)8-6-9-12/h6,8,10-11H,2-5,7,9H2,1H3/b8-6+/t11-/m0/s1. The summed E-state index contributed by atoms with van der Waals surface area (Å²) in [7, 11) is 0. The minimum atomic E-state index is 0.0793. The SMILES string of the molecule is CCCCCC[C@H](C=O)/C=C/CCl. The van der Waals surface area contributed by atoms with E-state index in [1.165, 1.54) is 19.3 Å². The predicted octanol–water partition coefficient (Wildman–Crippen LogP) is 3.57. The van der Waals surface area contributed by atoms with Gasteiger partial charge in [0.15, 0.2) is 0 Å². The molecule has 0 aromatic heterocycles. The molecule has 0 aromatic carbocycles. The first-order valence-electron chi connectivity index (χ1n) is 5.03. The second kappa shape index (κ2) is 9.79. The largest absolute Gasteiger partial charge is 0.303 e. The van der Waals surface area contributed by atoms with Gasteiger partial charge in [-0.15, -0.1) is 11.6 Å². The summed E-state index contributed by atoms with van der Waals surface area (Å²) in [5.74, 6) is 0.579. The van der Waals surface area contributed by atoms with Crippen LogP contribution in [0.3, 0.4) is 0 Å². The second-order valence-corrected chi connectivity index (χ2v) is 3.54. The number of rotatable bonds is 8. The zero-order valence-electron chi connectivity index (χ0n) is 8.34. The van der Waals surface area contributed by atoms with Crippen LogP contribution in [0.15, 0.2) is 12.2 Å². The number of allylic oxidation sites excluding steroid dienone is 2. The second-order valence-electron chi connectivity index (χ2n) is 3.23. The van der Waals surface area contributed by atoms with Crippen LogP contribution in [0.5, 0.6) is 0 Å². The van der Waals surface area contributed by atoms with Gasteiger partial charge in [-0.2, -0.15) is 0 Å². The van der Waals surface area contributed by atoms with Crippen molar-refractivity contribution in [2.75, 3.05) is 5.88 Å². The Bertz CT molecular complexity index is 143. The van der Waals surface area contributed by atoms with E-state index in [2.05, 4.69) is 6.92 Å². The van der Waals surface area contributed by atoms with Gasteiger partial charge in [0.25, 0.3) is 0 Å².